The first-order valence-corrected chi connectivity index (χ1v) is 8.71. The number of thiophene rings is 1. The Labute approximate surface area is 150 Å². The monoisotopic (exact) mass is 357 g/mol. The molecular formula is C18H19N3O3S. The maximum absolute atomic E-state index is 11.8. The van der Waals surface area contributed by atoms with Crippen LogP contribution < -0.4 is 4.90 Å². The lowest BCUT2D eigenvalue weighted by Crippen LogP contribution is -2.34. The van der Waals surface area contributed by atoms with Crippen LogP contribution in [-0.4, -0.2) is 49.9 Å². The van der Waals surface area contributed by atoms with E-state index in [1.807, 2.05) is 23.1 Å². The number of benzene rings is 1. The number of carbonyl (C=O) groups excluding carboxylic acids is 1. The molecule has 0 aliphatic rings. The molecule has 0 N–H and O–H groups in total. The Morgan fingerprint density at radius 1 is 1.20 bits per heavy atom. The lowest BCUT2D eigenvalue weighted by molar-refractivity contribution is -0.139. The Bertz CT molecular complexity index is 851. The third-order valence-electron chi connectivity index (χ3n) is 3.85. The Morgan fingerprint density at radius 3 is 2.72 bits per heavy atom. The Morgan fingerprint density at radius 2 is 2.00 bits per heavy atom. The smallest absolute Gasteiger partial charge is 0.325 e. The number of rotatable bonds is 7. The number of nitrogens with zero attached hydrogens (tertiary/aromatic N) is 3. The van der Waals surface area contributed by atoms with E-state index >= 15 is 0 Å². The van der Waals surface area contributed by atoms with Gasteiger partial charge in [-0.1, -0.05) is 30.3 Å². The van der Waals surface area contributed by atoms with Crippen LogP contribution in [0.5, 0.6) is 0 Å². The molecule has 0 aliphatic heterocycles. The van der Waals surface area contributed by atoms with Gasteiger partial charge in [-0.25, -0.2) is 9.97 Å². The second-order valence-corrected chi connectivity index (χ2v) is 6.24. The summed E-state index contributed by atoms with van der Waals surface area (Å²) in [5, 5.41) is 3.02. The molecule has 0 saturated carbocycles. The molecule has 7 heteroatoms. The average molecular weight is 357 g/mol. The summed E-state index contributed by atoms with van der Waals surface area (Å²) in [6.07, 6.45) is 1.53. The van der Waals surface area contributed by atoms with Crippen LogP contribution in [0.15, 0.2) is 42.0 Å². The van der Waals surface area contributed by atoms with Gasteiger partial charge in [0, 0.05) is 24.6 Å². The maximum atomic E-state index is 11.8. The minimum Gasteiger partial charge on any atom is -0.468 e. The van der Waals surface area contributed by atoms with Gasteiger partial charge in [-0.2, -0.15) is 0 Å². The molecule has 25 heavy (non-hydrogen) atoms. The summed E-state index contributed by atoms with van der Waals surface area (Å²) in [5.41, 5.74) is 2.15. The lowest BCUT2D eigenvalue weighted by atomic mass is 10.1. The molecule has 0 bridgehead atoms. The van der Waals surface area contributed by atoms with Gasteiger partial charge in [0.15, 0.2) is 0 Å². The van der Waals surface area contributed by atoms with Gasteiger partial charge in [0.2, 0.25) is 0 Å². The van der Waals surface area contributed by atoms with Gasteiger partial charge >= 0.3 is 5.97 Å². The van der Waals surface area contributed by atoms with E-state index in [1.165, 1.54) is 13.4 Å². The number of fused-ring (bicyclic) bond motifs is 1. The minimum atomic E-state index is -0.320. The Hall–Kier alpha value is -2.51. The second-order valence-electron chi connectivity index (χ2n) is 5.38. The zero-order valence-corrected chi connectivity index (χ0v) is 15.0. The molecule has 0 atom stereocenters. The molecule has 130 valence electrons. The first-order chi connectivity index (χ1) is 12.2. The summed E-state index contributed by atoms with van der Waals surface area (Å²) in [4.78, 5) is 23.4. The normalized spacial score (nSPS) is 10.8. The summed E-state index contributed by atoms with van der Waals surface area (Å²) < 4.78 is 10.0. The number of aromatic nitrogens is 2. The van der Waals surface area contributed by atoms with Crippen molar-refractivity contribution >= 4 is 33.3 Å². The third kappa shape index (κ3) is 3.78. The standard InChI is InChI=1S/C18H19N3O3S/c1-23-9-8-21(10-15(22)24-2)17-16-14(13-6-4-3-5-7-13)11-25-18(16)20-12-19-17/h3-7,11-12H,8-10H2,1-2H3. The third-order valence-corrected chi connectivity index (χ3v) is 4.73. The molecule has 0 amide bonds. The summed E-state index contributed by atoms with van der Waals surface area (Å²) in [7, 11) is 3.01. The SMILES string of the molecule is COCCN(CC(=O)OC)c1ncnc2scc(-c3ccccc3)c12. The Balaban J connectivity index is 2.10. The average Bonchev–Trinajstić information content (AvgIpc) is 3.10. The first kappa shape index (κ1) is 17.3. The van der Waals surface area contributed by atoms with Crippen LogP contribution in [0.25, 0.3) is 21.3 Å². The van der Waals surface area contributed by atoms with Crippen molar-refractivity contribution in [2.24, 2.45) is 0 Å². The largest absolute Gasteiger partial charge is 0.468 e. The topological polar surface area (TPSA) is 64.5 Å². The number of anilines is 1. The van der Waals surface area contributed by atoms with E-state index in [9.17, 15) is 4.79 Å². The molecule has 0 spiro atoms. The summed E-state index contributed by atoms with van der Waals surface area (Å²) in [6.45, 7) is 1.12. The number of esters is 1. The van der Waals surface area contributed by atoms with Crippen molar-refractivity contribution in [2.75, 3.05) is 38.8 Å². The highest BCUT2D eigenvalue weighted by atomic mass is 32.1. The second kappa shape index (κ2) is 8.04. The Kier molecular flexibility index (Phi) is 5.57. The van der Waals surface area contributed by atoms with Crippen molar-refractivity contribution in [2.45, 2.75) is 0 Å². The highest BCUT2D eigenvalue weighted by molar-refractivity contribution is 7.17. The number of methoxy groups -OCH3 is 2. The van der Waals surface area contributed by atoms with Crippen molar-refractivity contribution in [3.05, 3.63) is 42.0 Å². The van der Waals surface area contributed by atoms with E-state index in [2.05, 4.69) is 27.5 Å². The van der Waals surface area contributed by atoms with E-state index in [0.717, 1.165) is 21.3 Å². The summed E-state index contributed by atoms with van der Waals surface area (Å²) in [5.74, 6) is 0.395. The molecule has 0 fully saturated rings. The molecule has 2 heterocycles. The van der Waals surface area contributed by atoms with Crippen molar-refractivity contribution < 1.29 is 14.3 Å². The van der Waals surface area contributed by atoms with Crippen LogP contribution in [0.3, 0.4) is 0 Å². The van der Waals surface area contributed by atoms with E-state index < -0.39 is 0 Å². The predicted octanol–water partition coefficient (Wildman–Crippen LogP) is 2.98. The van der Waals surface area contributed by atoms with Gasteiger partial charge in [0.05, 0.1) is 19.1 Å². The van der Waals surface area contributed by atoms with Gasteiger partial charge in [-0.15, -0.1) is 11.3 Å². The summed E-state index contributed by atoms with van der Waals surface area (Å²) in [6, 6.07) is 10.1. The van der Waals surface area contributed by atoms with Crippen LogP contribution >= 0.6 is 11.3 Å². The summed E-state index contributed by atoms with van der Waals surface area (Å²) >= 11 is 1.56. The molecule has 3 aromatic rings. The fourth-order valence-electron chi connectivity index (χ4n) is 2.61. The van der Waals surface area contributed by atoms with Crippen LogP contribution in [0, 0.1) is 0 Å². The number of hydrogen-bond donors (Lipinski definition) is 0. The molecule has 6 nitrogen and oxygen atoms in total. The van der Waals surface area contributed by atoms with Gasteiger partial charge in [0.25, 0.3) is 0 Å². The molecule has 0 saturated heterocycles. The molecular weight excluding hydrogens is 338 g/mol. The zero-order chi connectivity index (χ0) is 17.6. The van der Waals surface area contributed by atoms with E-state index in [4.69, 9.17) is 9.47 Å². The van der Waals surface area contributed by atoms with E-state index in [0.29, 0.717) is 19.0 Å². The number of hydrogen-bond acceptors (Lipinski definition) is 7. The van der Waals surface area contributed by atoms with Crippen LogP contribution in [0.1, 0.15) is 0 Å². The molecule has 1 aromatic carbocycles. The first-order valence-electron chi connectivity index (χ1n) is 7.83. The minimum absolute atomic E-state index is 0.107. The van der Waals surface area contributed by atoms with Gasteiger partial charge in [-0.05, 0) is 5.56 Å². The van der Waals surface area contributed by atoms with Gasteiger partial charge < -0.3 is 14.4 Å². The highest BCUT2D eigenvalue weighted by Gasteiger charge is 2.20. The van der Waals surface area contributed by atoms with E-state index in [1.54, 1.807) is 18.4 Å². The van der Waals surface area contributed by atoms with Gasteiger partial charge in [0.1, 0.15) is 23.5 Å². The quantitative estimate of drug-likeness (QED) is 0.606. The maximum Gasteiger partial charge on any atom is 0.325 e. The molecule has 2 aromatic heterocycles. The zero-order valence-electron chi connectivity index (χ0n) is 14.1. The van der Waals surface area contributed by atoms with Crippen molar-refractivity contribution in [1.29, 1.82) is 0 Å². The number of carbonyl (C=O) groups is 1. The van der Waals surface area contributed by atoms with Crippen molar-refractivity contribution in [1.82, 2.24) is 9.97 Å². The molecule has 3 rings (SSSR count). The molecule has 0 aliphatic carbocycles. The molecule has 0 radical (unpaired) electrons. The van der Waals surface area contributed by atoms with Crippen molar-refractivity contribution in [3.8, 4) is 11.1 Å². The fraction of sp³-hybridized carbons (Fsp3) is 0.278. The van der Waals surface area contributed by atoms with E-state index in [-0.39, 0.29) is 12.5 Å². The predicted molar refractivity (Wildman–Crippen MR) is 99.0 cm³/mol. The fourth-order valence-corrected chi connectivity index (χ4v) is 3.52. The van der Waals surface area contributed by atoms with Crippen molar-refractivity contribution in [3.63, 3.8) is 0 Å². The molecule has 0 unspecified atom stereocenters. The van der Waals surface area contributed by atoms with Crippen LogP contribution in [0.4, 0.5) is 5.82 Å². The van der Waals surface area contributed by atoms with Crippen LogP contribution in [0.2, 0.25) is 0 Å². The highest BCUT2D eigenvalue weighted by Crippen LogP contribution is 2.37. The number of ether oxygens (including phenoxy) is 2. The van der Waals surface area contributed by atoms with Crippen LogP contribution in [-0.2, 0) is 14.3 Å². The van der Waals surface area contributed by atoms with Gasteiger partial charge in [-0.3, -0.25) is 4.79 Å². The lowest BCUT2D eigenvalue weighted by Gasteiger charge is -2.23.